The Hall–Kier alpha value is -1.00. The first kappa shape index (κ1) is 12.5. The van der Waals surface area contributed by atoms with Crippen molar-refractivity contribution >= 4 is 5.97 Å². The first-order chi connectivity index (χ1) is 7.88. The lowest BCUT2D eigenvalue weighted by atomic mass is 10.0. The van der Waals surface area contributed by atoms with Gasteiger partial charge in [-0.25, -0.2) is 4.79 Å². The summed E-state index contributed by atoms with van der Waals surface area (Å²) in [6.45, 7) is 2.74. The molecule has 2 rings (SSSR count). The molecule has 17 heavy (non-hydrogen) atoms. The van der Waals surface area contributed by atoms with Crippen molar-refractivity contribution in [3.05, 3.63) is 12.2 Å². The van der Waals surface area contributed by atoms with Gasteiger partial charge in [0.15, 0.2) is 0 Å². The fourth-order valence-electron chi connectivity index (χ4n) is 2.94. The van der Waals surface area contributed by atoms with Crippen LogP contribution < -0.4 is 0 Å². The van der Waals surface area contributed by atoms with Crippen LogP contribution >= 0.6 is 0 Å². The van der Waals surface area contributed by atoms with Gasteiger partial charge in [-0.1, -0.05) is 25.8 Å². The molecule has 2 fully saturated rings. The molecule has 2 saturated carbocycles. The molecule has 2 atom stereocenters. The molecule has 0 spiro atoms. The van der Waals surface area contributed by atoms with Crippen molar-refractivity contribution in [3.63, 3.8) is 0 Å². The number of fused-ring (bicyclic) bond motifs is 1. The molecule has 2 aliphatic rings. The van der Waals surface area contributed by atoms with Crippen LogP contribution in [-0.2, 0) is 9.53 Å². The van der Waals surface area contributed by atoms with Crippen LogP contribution in [-0.4, -0.2) is 18.2 Å². The maximum absolute atomic E-state index is 12.2. The topological polar surface area (TPSA) is 26.3 Å². The van der Waals surface area contributed by atoms with Crippen molar-refractivity contribution in [1.29, 1.82) is 0 Å². The van der Waals surface area contributed by atoms with E-state index in [0.29, 0.717) is 24.7 Å². The van der Waals surface area contributed by atoms with Crippen molar-refractivity contribution in [2.75, 3.05) is 0 Å². The van der Waals surface area contributed by atoms with Crippen LogP contribution in [0.3, 0.4) is 0 Å². The summed E-state index contributed by atoms with van der Waals surface area (Å²) in [7, 11) is 0. The average molecular weight is 248 g/mol. The van der Waals surface area contributed by atoms with E-state index in [-0.39, 0.29) is 6.10 Å². The Morgan fingerprint density at radius 2 is 1.71 bits per heavy atom. The SMILES string of the molecule is C=C(C(=O)OC1CC2CCCC2C1)C(F)(F)F. The van der Waals surface area contributed by atoms with E-state index in [1.807, 2.05) is 0 Å². The number of halogens is 3. The summed E-state index contributed by atoms with van der Waals surface area (Å²) in [5.41, 5.74) is -1.41. The number of carbonyl (C=O) groups is 1. The molecule has 2 unspecified atom stereocenters. The molecule has 5 heteroatoms. The number of carbonyl (C=O) groups excluding carboxylic acids is 1. The van der Waals surface area contributed by atoms with E-state index >= 15 is 0 Å². The number of esters is 1. The van der Waals surface area contributed by atoms with Gasteiger partial charge in [-0.05, 0) is 24.7 Å². The van der Waals surface area contributed by atoms with Crippen LogP contribution in [0, 0.1) is 11.8 Å². The summed E-state index contributed by atoms with van der Waals surface area (Å²) < 4.78 is 41.5. The van der Waals surface area contributed by atoms with Crippen molar-refractivity contribution < 1.29 is 22.7 Å². The first-order valence-electron chi connectivity index (χ1n) is 5.85. The third-order valence-corrected chi connectivity index (χ3v) is 3.81. The molecule has 0 N–H and O–H groups in total. The van der Waals surface area contributed by atoms with Gasteiger partial charge < -0.3 is 4.74 Å². The van der Waals surface area contributed by atoms with Crippen LogP contribution in [0.15, 0.2) is 12.2 Å². The lowest BCUT2D eigenvalue weighted by molar-refractivity contribution is -0.155. The van der Waals surface area contributed by atoms with Gasteiger partial charge in [0, 0.05) is 0 Å². The van der Waals surface area contributed by atoms with Gasteiger partial charge in [-0.3, -0.25) is 0 Å². The highest BCUT2D eigenvalue weighted by Gasteiger charge is 2.42. The fraction of sp³-hybridized carbons (Fsp3) is 0.750. The number of alkyl halides is 3. The second-order valence-corrected chi connectivity index (χ2v) is 4.93. The van der Waals surface area contributed by atoms with Crippen LogP contribution in [0.2, 0.25) is 0 Å². The molecule has 96 valence electrons. The molecule has 0 aromatic carbocycles. The van der Waals surface area contributed by atoms with Crippen LogP contribution in [0.5, 0.6) is 0 Å². The number of hydrogen-bond donors (Lipinski definition) is 0. The molecule has 0 amide bonds. The largest absolute Gasteiger partial charge is 0.459 e. The van der Waals surface area contributed by atoms with Gasteiger partial charge >= 0.3 is 12.1 Å². The molecule has 0 heterocycles. The Morgan fingerprint density at radius 1 is 1.18 bits per heavy atom. The summed E-state index contributed by atoms with van der Waals surface area (Å²) in [4.78, 5) is 11.2. The maximum atomic E-state index is 12.2. The predicted molar refractivity (Wildman–Crippen MR) is 55.1 cm³/mol. The monoisotopic (exact) mass is 248 g/mol. The van der Waals surface area contributed by atoms with E-state index in [1.54, 1.807) is 0 Å². The van der Waals surface area contributed by atoms with Crippen molar-refractivity contribution in [2.45, 2.75) is 44.4 Å². The molecule has 2 aliphatic carbocycles. The molecule has 0 aromatic heterocycles. The summed E-state index contributed by atoms with van der Waals surface area (Å²) in [6.07, 6.45) is -0.213. The minimum absolute atomic E-state index is 0.350. The van der Waals surface area contributed by atoms with Crippen LogP contribution in [0.1, 0.15) is 32.1 Å². The zero-order valence-corrected chi connectivity index (χ0v) is 9.43. The Balaban J connectivity index is 1.86. The number of ether oxygens (including phenoxy) is 1. The second kappa shape index (κ2) is 4.35. The minimum Gasteiger partial charge on any atom is -0.459 e. The molecule has 0 radical (unpaired) electrons. The van der Waals surface area contributed by atoms with Crippen LogP contribution in [0.4, 0.5) is 13.2 Å². The molecular formula is C12H15F3O2. The quantitative estimate of drug-likeness (QED) is 0.554. The van der Waals surface area contributed by atoms with Gasteiger partial charge in [-0.15, -0.1) is 0 Å². The summed E-state index contributed by atoms with van der Waals surface area (Å²) >= 11 is 0. The normalized spacial score (nSPS) is 32.3. The highest BCUT2D eigenvalue weighted by Crippen LogP contribution is 2.45. The lowest BCUT2D eigenvalue weighted by Gasteiger charge is -2.15. The minimum atomic E-state index is -4.69. The Labute approximate surface area is 97.8 Å². The van der Waals surface area contributed by atoms with Crippen molar-refractivity contribution in [1.82, 2.24) is 0 Å². The van der Waals surface area contributed by atoms with E-state index in [0.717, 1.165) is 12.8 Å². The third-order valence-electron chi connectivity index (χ3n) is 3.81. The first-order valence-corrected chi connectivity index (χ1v) is 5.85. The van der Waals surface area contributed by atoms with Crippen molar-refractivity contribution in [3.8, 4) is 0 Å². The zero-order valence-electron chi connectivity index (χ0n) is 9.43. The van der Waals surface area contributed by atoms with E-state index < -0.39 is 17.7 Å². The summed E-state index contributed by atoms with van der Waals surface area (Å²) in [5.74, 6) is -0.249. The van der Waals surface area contributed by atoms with E-state index in [1.165, 1.54) is 6.42 Å². The maximum Gasteiger partial charge on any atom is 0.422 e. The molecular weight excluding hydrogens is 233 g/mol. The predicted octanol–water partition coefficient (Wildman–Crippen LogP) is 3.23. The number of hydrogen-bond acceptors (Lipinski definition) is 2. The second-order valence-electron chi connectivity index (χ2n) is 4.93. The van der Waals surface area contributed by atoms with Crippen molar-refractivity contribution in [2.24, 2.45) is 11.8 Å². The Bertz CT molecular complexity index is 323. The molecule has 0 aliphatic heterocycles. The Kier molecular flexibility index (Phi) is 3.19. The molecule has 0 saturated heterocycles. The molecule has 2 nitrogen and oxygen atoms in total. The van der Waals surface area contributed by atoms with Gasteiger partial charge in [0.25, 0.3) is 0 Å². The smallest absolute Gasteiger partial charge is 0.422 e. The highest BCUT2D eigenvalue weighted by atomic mass is 19.4. The summed E-state index contributed by atoms with van der Waals surface area (Å²) in [6, 6.07) is 0. The van der Waals surface area contributed by atoms with E-state index in [4.69, 9.17) is 4.74 Å². The summed E-state index contributed by atoms with van der Waals surface area (Å²) in [5, 5.41) is 0. The van der Waals surface area contributed by atoms with E-state index in [9.17, 15) is 18.0 Å². The fourth-order valence-corrected chi connectivity index (χ4v) is 2.94. The zero-order chi connectivity index (χ0) is 12.6. The number of rotatable bonds is 2. The average Bonchev–Trinajstić information content (AvgIpc) is 2.74. The highest BCUT2D eigenvalue weighted by molar-refractivity contribution is 5.89. The van der Waals surface area contributed by atoms with Gasteiger partial charge in [0.2, 0.25) is 0 Å². The lowest BCUT2D eigenvalue weighted by Crippen LogP contribution is -2.24. The molecule has 0 aromatic rings. The third kappa shape index (κ3) is 2.64. The Morgan fingerprint density at radius 3 is 2.18 bits per heavy atom. The molecule has 0 bridgehead atoms. The van der Waals surface area contributed by atoms with Gasteiger partial charge in [-0.2, -0.15) is 13.2 Å². The van der Waals surface area contributed by atoms with Gasteiger partial charge in [0.05, 0.1) is 0 Å². The van der Waals surface area contributed by atoms with Gasteiger partial charge in [0.1, 0.15) is 11.7 Å². The standard InChI is InChI=1S/C12H15F3O2/c1-7(12(13,14)15)11(16)17-10-5-8-3-2-4-9(8)6-10/h8-10H,1-6H2. The van der Waals surface area contributed by atoms with E-state index in [2.05, 4.69) is 6.58 Å². The van der Waals surface area contributed by atoms with Crippen LogP contribution in [0.25, 0.3) is 0 Å².